The van der Waals surface area contributed by atoms with E-state index < -0.39 is 7.60 Å². The van der Waals surface area contributed by atoms with Crippen LogP contribution >= 0.6 is 7.60 Å². The van der Waals surface area contributed by atoms with E-state index in [-0.39, 0.29) is 0 Å². The number of nitrogens with one attached hydrogen (secondary N) is 1. The fraction of sp³-hybridized carbons (Fsp3) is 0.273. The molecule has 0 spiro atoms. The van der Waals surface area contributed by atoms with Crippen molar-refractivity contribution in [3.05, 3.63) is 24.3 Å². The number of H-pyrrole nitrogens is 1. The smallest absolute Gasteiger partial charge is 0.376 e. The van der Waals surface area contributed by atoms with Crippen molar-refractivity contribution >= 4 is 23.9 Å². The highest BCUT2D eigenvalue weighted by atomic mass is 31.2. The van der Waals surface area contributed by atoms with Gasteiger partial charge < -0.3 is 18.8 Å². The molecule has 0 aliphatic heterocycles. The molecule has 0 fully saturated rings. The van der Waals surface area contributed by atoms with E-state index in [1.807, 2.05) is 18.2 Å². The Morgan fingerprint density at radius 2 is 1.82 bits per heavy atom. The first-order valence-electron chi connectivity index (χ1n) is 5.02. The summed E-state index contributed by atoms with van der Waals surface area (Å²) < 4.78 is 27.2. The number of benzene rings is 1. The maximum atomic E-state index is 12.2. The minimum absolute atomic E-state index is 0.436. The van der Waals surface area contributed by atoms with Crippen molar-refractivity contribution in [2.24, 2.45) is 0 Å². The second-order valence-electron chi connectivity index (χ2n) is 3.47. The molecular weight excluding hydrogens is 241 g/mol. The van der Waals surface area contributed by atoms with Gasteiger partial charge in [-0.3, -0.25) is 4.57 Å². The van der Waals surface area contributed by atoms with Gasteiger partial charge in [-0.1, -0.05) is 0 Å². The molecule has 2 rings (SSSR count). The zero-order chi connectivity index (χ0) is 12.5. The van der Waals surface area contributed by atoms with Crippen LogP contribution in [0.1, 0.15) is 0 Å². The molecule has 5 nitrogen and oxygen atoms in total. The standard InChI is InChI=1S/C11H14NO4P/c1-14-9-4-5-10-8(6-9)7-11(12-10)17(13,15-2)16-3/h4-7,12H,1-3H3. The molecule has 6 heteroatoms. The molecule has 0 atom stereocenters. The molecule has 1 N–H and O–H groups in total. The Morgan fingerprint density at radius 3 is 2.41 bits per heavy atom. The second kappa shape index (κ2) is 4.53. The molecule has 0 bridgehead atoms. The Hall–Kier alpha value is -1.29. The van der Waals surface area contributed by atoms with E-state index in [0.717, 1.165) is 16.7 Å². The molecule has 0 unspecified atom stereocenters. The van der Waals surface area contributed by atoms with Gasteiger partial charge in [0.25, 0.3) is 0 Å². The van der Waals surface area contributed by atoms with Crippen LogP contribution in [0.2, 0.25) is 0 Å². The molecular formula is C11H14NO4P. The second-order valence-corrected chi connectivity index (χ2v) is 5.68. The van der Waals surface area contributed by atoms with Gasteiger partial charge in [-0.15, -0.1) is 0 Å². The van der Waals surface area contributed by atoms with Crippen LogP contribution in [0.25, 0.3) is 10.9 Å². The third kappa shape index (κ3) is 2.09. The Bertz CT molecular complexity index is 570. The van der Waals surface area contributed by atoms with Crippen LogP contribution in [0.3, 0.4) is 0 Å². The van der Waals surface area contributed by atoms with Crippen LogP contribution in [0.5, 0.6) is 5.75 Å². The predicted octanol–water partition coefficient (Wildman–Crippen LogP) is 2.29. The molecule has 0 radical (unpaired) electrons. The van der Waals surface area contributed by atoms with Crippen LogP contribution in [-0.4, -0.2) is 26.3 Å². The average molecular weight is 255 g/mol. The summed E-state index contributed by atoms with van der Waals surface area (Å²) in [6.07, 6.45) is 0. The molecule has 2 aromatic rings. The number of methoxy groups -OCH3 is 1. The topological polar surface area (TPSA) is 60.6 Å². The Kier molecular flexibility index (Phi) is 3.24. The molecule has 0 saturated carbocycles. The highest BCUT2D eigenvalue weighted by Crippen LogP contribution is 2.45. The van der Waals surface area contributed by atoms with Crippen LogP contribution in [0.15, 0.2) is 24.3 Å². The average Bonchev–Trinajstić information content (AvgIpc) is 2.80. The fourth-order valence-corrected chi connectivity index (χ4v) is 2.74. The molecule has 0 aliphatic rings. The van der Waals surface area contributed by atoms with Gasteiger partial charge in [0.2, 0.25) is 0 Å². The zero-order valence-electron chi connectivity index (χ0n) is 9.89. The number of rotatable bonds is 4. The molecule has 1 aromatic heterocycles. The van der Waals surface area contributed by atoms with Crippen molar-refractivity contribution in [3.63, 3.8) is 0 Å². The molecule has 17 heavy (non-hydrogen) atoms. The number of fused-ring (bicyclic) bond motifs is 1. The largest absolute Gasteiger partial charge is 0.497 e. The maximum Gasteiger partial charge on any atom is 0.376 e. The minimum Gasteiger partial charge on any atom is -0.497 e. The Balaban J connectivity index is 2.54. The van der Waals surface area contributed by atoms with E-state index in [9.17, 15) is 4.57 Å². The number of hydrogen-bond donors (Lipinski definition) is 1. The first kappa shape index (κ1) is 12.2. The lowest BCUT2D eigenvalue weighted by atomic mass is 10.2. The molecule has 1 heterocycles. The normalized spacial score (nSPS) is 11.9. The number of aromatic amines is 1. The van der Waals surface area contributed by atoms with Gasteiger partial charge in [-0.25, -0.2) is 0 Å². The van der Waals surface area contributed by atoms with Crippen molar-refractivity contribution in [2.45, 2.75) is 0 Å². The summed E-state index contributed by atoms with van der Waals surface area (Å²) in [4.78, 5) is 3.02. The quantitative estimate of drug-likeness (QED) is 0.851. The van der Waals surface area contributed by atoms with E-state index in [1.165, 1.54) is 14.2 Å². The third-order valence-electron chi connectivity index (χ3n) is 2.59. The lowest BCUT2D eigenvalue weighted by molar-refractivity contribution is 0.286. The van der Waals surface area contributed by atoms with E-state index >= 15 is 0 Å². The summed E-state index contributed by atoms with van der Waals surface area (Å²) in [6, 6.07) is 7.27. The van der Waals surface area contributed by atoms with Crippen molar-refractivity contribution in [2.75, 3.05) is 21.3 Å². The molecule has 0 amide bonds. The van der Waals surface area contributed by atoms with E-state index in [1.54, 1.807) is 13.2 Å². The molecule has 92 valence electrons. The van der Waals surface area contributed by atoms with Gasteiger partial charge in [-0.2, -0.15) is 0 Å². The van der Waals surface area contributed by atoms with Gasteiger partial charge in [0.1, 0.15) is 11.2 Å². The van der Waals surface area contributed by atoms with E-state index in [4.69, 9.17) is 13.8 Å². The maximum absolute atomic E-state index is 12.2. The number of ether oxygens (including phenoxy) is 1. The molecule has 0 aliphatic carbocycles. The lowest BCUT2D eigenvalue weighted by Gasteiger charge is -2.10. The first-order chi connectivity index (χ1) is 8.12. The van der Waals surface area contributed by atoms with Crippen molar-refractivity contribution in [1.82, 2.24) is 4.98 Å². The van der Waals surface area contributed by atoms with E-state index in [0.29, 0.717) is 5.44 Å². The van der Waals surface area contributed by atoms with E-state index in [2.05, 4.69) is 4.98 Å². The van der Waals surface area contributed by atoms with Crippen LogP contribution in [-0.2, 0) is 13.6 Å². The lowest BCUT2D eigenvalue weighted by Crippen LogP contribution is -2.07. The van der Waals surface area contributed by atoms with Crippen LogP contribution in [0, 0.1) is 0 Å². The summed E-state index contributed by atoms with van der Waals surface area (Å²) in [5.74, 6) is 0.743. The first-order valence-corrected chi connectivity index (χ1v) is 6.56. The van der Waals surface area contributed by atoms with Gasteiger partial charge in [0.15, 0.2) is 0 Å². The van der Waals surface area contributed by atoms with Crippen LogP contribution < -0.4 is 10.2 Å². The van der Waals surface area contributed by atoms with Crippen LogP contribution in [0.4, 0.5) is 0 Å². The van der Waals surface area contributed by atoms with Gasteiger partial charge in [-0.05, 0) is 24.3 Å². The molecule has 0 saturated heterocycles. The highest BCUT2D eigenvalue weighted by Gasteiger charge is 2.26. The molecule has 1 aromatic carbocycles. The van der Waals surface area contributed by atoms with Crippen molar-refractivity contribution in [3.8, 4) is 5.75 Å². The number of hydrogen-bond acceptors (Lipinski definition) is 4. The minimum atomic E-state index is -3.23. The SMILES string of the molecule is COc1ccc2[nH]c(P(=O)(OC)OC)cc2c1. The summed E-state index contributed by atoms with van der Waals surface area (Å²) in [5, 5.41) is 0.897. The van der Waals surface area contributed by atoms with Gasteiger partial charge >= 0.3 is 7.60 Å². The Morgan fingerprint density at radius 1 is 1.12 bits per heavy atom. The highest BCUT2D eigenvalue weighted by molar-refractivity contribution is 7.61. The zero-order valence-corrected chi connectivity index (χ0v) is 10.8. The van der Waals surface area contributed by atoms with Crippen molar-refractivity contribution in [1.29, 1.82) is 0 Å². The summed E-state index contributed by atoms with van der Waals surface area (Å²) in [6.45, 7) is 0. The Labute approximate surface area is 99.2 Å². The predicted molar refractivity (Wildman–Crippen MR) is 66.1 cm³/mol. The summed E-state index contributed by atoms with van der Waals surface area (Å²) in [7, 11) is 1.09. The van der Waals surface area contributed by atoms with Crippen molar-refractivity contribution < 1.29 is 18.3 Å². The van der Waals surface area contributed by atoms with Gasteiger partial charge in [0.05, 0.1) is 7.11 Å². The summed E-state index contributed by atoms with van der Waals surface area (Å²) >= 11 is 0. The summed E-state index contributed by atoms with van der Waals surface area (Å²) in [5.41, 5.74) is 1.29. The number of aromatic nitrogens is 1. The monoisotopic (exact) mass is 255 g/mol. The third-order valence-corrected chi connectivity index (χ3v) is 4.38. The van der Waals surface area contributed by atoms with Gasteiger partial charge in [0, 0.05) is 25.1 Å². The fourth-order valence-electron chi connectivity index (χ4n) is 1.64.